The Hall–Kier alpha value is -1.51. The number of likely N-dealkylation sites (tertiary alicyclic amines) is 1. The fourth-order valence-corrected chi connectivity index (χ4v) is 3.35. The van der Waals surface area contributed by atoms with Crippen LogP contribution in [0.25, 0.3) is 0 Å². The van der Waals surface area contributed by atoms with Gasteiger partial charge in [0.15, 0.2) is 0 Å². The lowest BCUT2D eigenvalue weighted by Crippen LogP contribution is -2.28. The third kappa shape index (κ3) is 5.56. The van der Waals surface area contributed by atoms with Gasteiger partial charge in [-0.25, -0.2) is 0 Å². The molecule has 1 atom stereocenters. The topological polar surface area (TPSA) is 29.5 Å². The molecule has 1 aromatic carbocycles. The summed E-state index contributed by atoms with van der Waals surface area (Å²) in [5.74, 6) is 1.72. The Morgan fingerprint density at radius 2 is 1.83 bits per heavy atom. The standard InChI is InChI=1S/C20H31NO2/c1-3-4-5-6-7-8-9-20(22)21-15-14-18(16-21)17-10-12-19(23-2)13-11-17/h10-13,18H,3-9,14-16H2,1-2H3. The molecule has 0 aromatic heterocycles. The summed E-state index contributed by atoms with van der Waals surface area (Å²) in [7, 11) is 1.69. The van der Waals surface area contributed by atoms with Gasteiger partial charge in [0.1, 0.15) is 5.75 Å². The lowest BCUT2D eigenvalue weighted by atomic mass is 9.98. The molecule has 3 heteroatoms. The van der Waals surface area contributed by atoms with E-state index in [2.05, 4.69) is 24.0 Å². The highest BCUT2D eigenvalue weighted by atomic mass is 16.5. The maximum absolute atomic E-state index is 12.3. The molecule has 1 aromatic rings. The van der Waals surface area contributed by atoms with Crippen LogP contribution >= 0.6 is 0 Å². The normalized spacial score (nSPS) is 17.5. The molecular weight excluding hydrogens is 286 g/mol. The van der Waals surface area contributed by atoms with Crippen molar-refractivity contribution in [3.63, 3.8) is 0 Å². The zero-order chi connectivity index (χ0) is 16.5. The molecule has 0 spiro atoms. The number of unbranched alkanes of at least 4 members (excludes halogenated alkanes) is 5. The molecule has 0 N–H and O–H groups in total. The van der Waals surface area contributed by atoms with E-state index in [1.807, 2.05) is 12.1 Å². The van der Waals surface area contributed by atoms with Crippen molar-refractivity contribution < 1.29 is 9.53 Å². The van der Waals surface area contributed by atoms with Gasteiger partial charge in [-0.1, -0.05) is 51.2 Å². The van der Waals surface area contributed by atoms with Crippen LogP contribution in [0, 0.1) is 0 Å². The molecule has 1 unspecified atom stereocenters. The summed E-state index contributed by atoms with van der Waals surface area (Å²) in [6.45, 7) is 4.02. The number of amides is 1. The van der Waals surface area contributed by atoms with Crippen LogP contribution < -0.4 is 4.74 Å². The van der Waals surface area contributed by atoms with Crippen molar-refractivity contribution in [3.05, 3.63) is 29.8 Å². The van der Waals surface area contributed by atoms with Gasteiger partial charge in [-0.05, 0) is 30.5 Å². The van der Waals surface area contributed by atoms with E-state index in [0.717, 1.165) is 38.1 Å². The first kappa shape index (κ1) is 17.8. The van der Waals surface area contributed by atoms with Crippen molar-refractivity contribution in [3.8, 4) is 5.75 Å². The smallest absolute Gasteiger partial charge is 0.222 e. The second kappa shape index (κ2) is 9.59. The van der Waals surface area contributed by atoms with Gasteiger partial charge in [-0.15, -0.1) is 0 Å². The quantitative estimate of drug-likeness (QED) is 0.614. The van der Waals surface area contributed by atoms with Crippen LogP contribution in [0.4, 0.5) is 0 Å². The summed E-state index contributed by atoms with van der Waals surface area (Å²) in [6.07, 6.45) is 9.23. The van der Waals surface area contributed by atoms with Gasteiger partial charge in [0, 0.05) is 25.4 Å². The molecule has 1 aliphatic heterocycles. The summed E-state index contributed by atoms with van der Waals surface area (Å²) in [4.78, 5) is 14.4. The minimum Gasteiger partial charge on any atom is -0.497 e. The number of hydrogen-bond donors (Lipinski definition) is 0. The van der Waals surface area contributed by atoms with Crippen LogP contribution in [0.2, 0.25) is 0 Å². The second-order valence-corrected chi connectivity index (χ2v) is 6.62. The zero-order valence-electron chi connectivity index (χ0n) is 14.7. The Morgan fingerprint density at radius 3 is 2.52 bits per heavy atom. The Morgan fingerprint density at radius 1 is 1.13 bits per heavy atom. The third-order valence-corrected chi connectivity index (χ3v) is 4.87. The van der Waals surface area contributed by atoms with Crippen LogP contribution in [0.5, 0.6) is 5.75 Å². The summed E-state index contributed by atoms with van der Waals surface area (Å²) in [5, 5.41) is 0. The summed E-state index contributed by atoms with van der Waals surface area (Å²) in [5.41, 5.74) is 1.32. The number of carbonyl (C=O) groups is 1. The molecule has 3 nitrogen and oxygen atoms in total. The summed E-state index contributed by atoms with van der Waals surface area (Å²) >= 11 is 0. The molecule has 23 heavy (non-hydrogen) atoms. The highest BCUT2D eigenvalue weighted by Crippen LogP contribution is 2.29. The van der Waals surface area contributed by atoms with E-state index in [0.29, 0.717) is 11.8 Å². The number of methoxy groups -OCH3 is 1. The summed E-state index contributed by atoms with van der Waals surface area (Å²) in [6, 6.07) is 8.28. The van der Waals surface area contributed by atoms with Gasteiger partial charge in [-0.3, -0.25) is 4.79 Å². The van der Waals surface area contributed by atoms with Crippen LogP contribution in [0.3, 0.4) is 0 Å². The van der Waals surface area contributed by atoms with Crippen LogP contribution in [-0.2, 0) is 4.79 Å². The first-order valence-corrected chi connectivity index (χ1v) is 9.16. The van der Waals surface area contributed by atoms with Crippen LogP contribution in [0.1, 0.15) is 69.8 Å². The Labute approximate surface area is 141 Å². The Balaban J connectivity index is 1.70. The van der Waals surface area contributed by atoms with Crippen molar-refractivity contribution in [2.75, 3.05) is 20.2 Å². The number of carbonyl (C=O) groups excluding carboxylic acids is 1. The number of benzene rings is 1. The molecule has 1 heterocycles. The number of ether oxygens (including phenoxy) is 1. The van der Waals surface area contributed by atoms with Crippen molar-refractivity contribution >= 4 is 5.91 Å². The van der Waals surface area contributed by atoms with Crippen molar-refractivity contribution in [1.82, 2.24) is 4.90 Å². The highest BCUT2D eigenvalue weighted by molar-refractivity contribution is 5.76. The van der Waals surface area contributed by atoms with Crippen molar-refractivity contribution in [1.29, 1.82) is 0 Å². The third-order valence-electron chi connectivity index (χ3n) is 4.87. The van der Waals surface area contributed by atoms with Crippen molar-refractivity contribution in [2.24, 2.45) is 0 Å². The fourth-order valence-electron chi connectivity index (χ4n) is 3.35. The average molecular weight is 317 g/mol. The fraction of sp³-hybridized carbons (Fsp3) is 0.650. The van der Waals surface area contributed by atoms with Gasteiger partial charge < -0.3 is 9.64 Å². The van der Waals surface area contributed by atoms with Gasteiger partial charge >= 0.3 is 0 Å². The van der Waals surface area contributed by atoms with E-state index in [4.69, 9.17) is 4.74 Å². The van der Waals surface area contributed by atoms with Gasteiger partial charge in [0.05, 0.1) is 7.11 Å². The number of nitrogens with zero attached hydrogens (tertiary/aromatic N) is 1. The lowest BCUT2D eigenvalue weighted by molar-refractivity contribution is -0.130. The number of hydrogen-bond acceptors (Lipinski definition) is 2. The van der Waals surface area contributed by atoms with E-state index in [-0.39, 0.29) is 0 Å². The molecule has 1 fully saturated rings. The van der Waals surface area contributed by atoms with Crippen LogP contribution in [-0.4, -0.2) is 31.0 Å². The molecule has 1 saturated heterocycles. The van der Waals surface area contributed by atoms with E-state index >= 15 is 0 Å². The molecule has 0 radical (unpaired) electrons. The number of rotatable bonds is 9. The average Bonchev–Trinajstić information content (AvgIpc) is 3.08. The minimum absolute atomic E-state index is 0.344. The predicted molar refractivity (Wildman–Crippen MR) is 94.9 cm³/mol. The minimum atomic E-state index is 0.344. The monoisotopic (exact) mass is 317 g/mol. The zero-order valence-corrected chi connectivity index (χ0v) is 14.7. The first-order chi connectivity index (χ1) is 11.2. The second-order valence-electron chi connectivity index (χ2n) is 6.62. The largest absolute Gasteiger partial charge is 0.497 e. The van der Waals surface area contributed by atoms with E-state index in [1.54, 1.807) is 7.11 Å². The van der Waals surface area contributed by atoms with Crippen molar-refractivity contribution in [2.45, 2.75) is 64.2 Å². The predicted octanol–water partition coefficient (Wildman–Crippen LogP) is 4.76. The molecule has 0 bridgehead atoms. The van der Waals surface area contributed by atoms with Gasteiger partial charge in [-0.2, -0.15) is 0 Å². The van der Waals surface area contributed by atoms with Gasteiger partial charge in [0.2, 0.25) is 5.91 Å². The molecule has 0 saturated carbocycles. The van der Waals surface area contributed by atoms with Gasteiger partial charge in [0.25, 0.3) is 0 Å². The maximum atomic E-state index is 12.3. The molecule has 128 valence electrons. The SMILES string of the molecule is CCCCCCCCC(=O)N1CCC(c2ccc(OC)cc2)C1. The van der Waals surface area contributed by atoms with Crippen LogP contribution in [0.15, 0.2) is 24.3 Å². The van der Waals surface area contributed by atoms with E-state index < -0.39 is 0 Å². The lowest BCUT2D eigenvalue weighted by Gasteiger charge is -2.17. The molecule has 2 rings (SSSR count). The molecule has 1 amide bonds. The molecular formula is C20H31NO2. The maximum Gasteiger partial charge on any atom is 0.222 e. The summed E-state index contributed by atoms with van der Waals surface area (Å²) < 4.78 is 5.21. The first-order valence-electron chi connectivity index (χ1n) is 9.16. The Kier molecular flexibility index (Phi) is 7.44. The van der Waals surface area contributed by atoms with E-state index in [1.165, 1.54) is 37.7 Å². The molecule has 1 aliphatic rings. The molecule has 0 aliphatic carbocycles. The van der Waals surface area contributed by atoms with E-state index in [9.17, 15) is 4.79 Å². The highest BCUT2D eigenvalue weighted by Gasteiger charge is 2.26. The Bertz CT molecular complexity index is 469.